The Kier molecular flexibility index (Phi) is 2.76. The number of carbonyl (C=O) groups is 1. The van der Waals surface area contributed by atoms with Crippen molar-refractivity contribution in [3.63, 3.8) is 0 Å². The van der Waals surface area contributed by atoms with Crippen molar-refractivity contribution in [3.8, 4) is 11.4 Å². The van der Waals surface area contributed by atoms with Crippen molar-refractivity contribution in [2.75, 3.05) is 7.11 Å². The highest BCUT2D eigenvalue weighted by atomic mass is 16.5. The molecule has 0 spiro atoms. The number of aromatic nitrogens is 2. The van der Waals surface area contributed by atoms with Gasteiger partial charge in [0.15, 0.2) is 6.29 Å². The molecule has 0 amide bonds. The minimum Gasteiger partial charge on any atom is -0.497 e. The van der Waals surface area contributed by atoms with E-state index in [4.69, 9.17) is 4.74 Å². The van der Waals surface area contributed by atoms with Gasteiger partial charge in [0, 0.05) is 11.5 Å². The first-order valence-electron chi connectivity index (χ1n) is 5.91. The summed E-state index contributed by atoms with van der Waals surface area (Å²) in [5.74, 6) is 0.754. The number of rotatable bonds is 3. The zero-order valence-electron chi connectivity index (χ0n) is 10.4. The zero-order chi connectivity index (χ0) is 13.2. The van der Waals surface area contributed by atoms with Gasteiger partial charge in [-0.15, -0.1) is 0 Å². The lowest BCUT2D eigenvalue weighted by Gasteiger charge is -2.05. The molecule has 3 rings (SSSR count). The second-order valence-corrected chi connectivity index (χ2v) is 4.13. The van der Waals surface area contributed by atoms with Gasteiger partial charge in [0.1, 0.15) is 11.4 Å². The molecule has 4 heteroatoms. The van der Waals surface area contributed by atoms with Crippen LogP contribution in [0.1, 0.15) is 10.5 Å². The van der Waals surface area contributed by atoms with E-state index in [-0.39, 0.29) is 0 Å². The van der Waals surface area contributed by atoms with Gasteiger partial charge < -0.3 is 4.74 Å². The van der Waals surface area contributed by atoms with Gasteiger partial charge in [-0.2, -0.15) is 5.10 Å². The van der Waals surface area contributed by atoms with Crippen LogP contribution in [0.3, 0.4) is 0 Å². The highest BCUT2D eigenvalue weighted by Gasteiger charge is 2.10. The van der Waals surface area contributed by atoms with Gasteiger partial charge in [-0.3, -0.25) is 4.79 Å². The average molecular weight is 252 g/mol. The lowest BCUT2D eigenvalue weighted by Crippen LogP contribution is -1.97. The van der Waals surface area contributed by atoms with Crippen LogP contribution >= 0.6 is 0 Å². The van der Waals surface area contributed by atoms with E-state index in [2.05, 4.69) is 5.10 Å². The van der Waals surface area contributed by atoms with Crippen LogP contribution in [0.2, 0.25) is 0 Å². The number of ether oxygens (including phenoxy) is 1. The molecular weight excluding hydrogens is 240 g/mol. The Hall–Kier alpha value is -2.62. The molecular formula is C15H12N2O2. The molecule has 0 N–H and O–H groups in total. The second-order valence-electron chi connectivity index (χ2n) is 4.13. The first kappa shape index (κ1) is 11.5. The topological polar surface area (TPSA) is 44.1 Å². The SMILES string of the molecule is COc1cccc(-n2nc(C=O)c3ccccc32)c1. The normalized spacial score (nSPS) is 10.6. The van der Waals surface area contributed by atoms with Gasteiger partial charge in [-0.1, -0.05) is 24.3 Å². The number of fused-ring (bicyclic) bond motifs is 1. The molecule has 2 aromatic carbocycles. The van der Waals surface area contributed by atoms with Crippen LogP contribution in [0.25, 0.3) is 16.6 Å². The highest BCUT2D eigenvalue weighted by Crippen LogP contribution is 2.23. The van der Waals surface area contributed by atoms with Crippen LogP contribution in [0.5, 0.6) is 5.75 Å². The van der Waals surface area contributed by atoms with E-state index in [1.165, 1.54) is 0 Å². The number of hydrogen-bond acceptors (Lipinski definition) is 3. The van der Waals surface area contributed by atoms with Crippen molar-refractivity contribution in [1.82, 2.24) is 9.78 Å². The molecule has 1 heterocycles. The quantitative estimate of drug-likeness (QED) is 0.673. The third-order valence-electron chi connectivity index (χ3n) is 3.03. The molecule has 3 aromatic rings. The van der Waals surface area contributed by atoms with Gasteiger partial charge in [-0.25, -0.2) is 4.68 Å². The van der Waals surface area contributed by atoms with E-state index < -0.39 is 0 Å². The summed E-state index contributed by atoms with van der Waals surface area (Å²) in [6, 6.07) is 15.2. The molecule has 0 atom stereocenters. The van der Waals surface area contributed by atoms with E-state index in [9.17, 15) is 4.79 Å². The van der Waals surface area contributed by atoms with Crippen molar-refractivity contribution in [3.05, 3.63) is 54.2 Å². The summed E-state index contributed by atoms with van der Waals surface area (Å²) in [5, 5.41) is 5.19. The van der Waals surface area contributed by atoms with E-state index in [1.807, 2.05) is 48.5 Å². The fourth-order valence-electron chi connectivity index (χ4n) is 2.12. The Morgan fingerprint density at radius 3 is 2.79 bits per heavy atom. The Balaban J connectivity index is 2.27. The van der Waals surface area contributed by atoms with Crippen LogP contribution in [0.15, 0.2) is 48.5 Å². The van der Waals surface area contributed by atoms with E-state index in [0.29, 0.717) is 5.69 Å². The predicted molar refractivity (Wildman–Crippen MR) is 73.0 cm³/mol. The second kappa shape index (κ2) is 4.57. The fourth-order valence-corrected chi connectivity index (χ4v) is 2.12. The van der Waals surface area contributed by atoms with Gasteiger partial charge in [-0.05, 0) is 18.2 Å². The summed E-state index contributed by atoms with van der Waals surface area (Å²) in [5.41, 5.74) is 2.21. The molecule has 0 aliphatic heterocycles. The third kappa shape index (κ3) is 1.87. The van der Waals surface area contributed by atoms with Gasteiger partial charge >= 0.3 is 0 Å². The molecule has 0 aliphatic rings. The lowest BCUT2D eigenvalue weighted by molar-refractivity contribution is 0.112. The fraction of sp³-hybridized carbons (Fsp3) is 0.0667. The molecule has 4 nitrogen and oxygen atoms in total. The van der Waals surface area contributed by atoms with Crippen LogP contribution < -0.4 is 4.74 Å². The molecule has 0 fully saturated rings. The largest absolute Gasteiger partial charge is 0.497 e. The summed E-state index contributed by atoms with van der Waals surface area (Å²) in [6.45, 7) is 0. The van der Waals surface area contributed by atoms with Crippen molar-refractivity contribution in [1.29, 1.82) is 0 Å². The van der Waals surface area contributed by atoms with Crippen molar-refractivity contribution < 1.29 is 9.53 Å². The number of aldehydes is 1. The number of carbonyl (C=O) groups excluding carboxylic acids is 1. The smallest absolute Gasteiger partial charge is 0.170 e. The monoisotopic (exact) mass is 252 g/mol. The van der Waals surface area contributed by atoms with E-state index >= 15 is 0 Å². The van der Waals surface area contributed by atoms with Crippen LogP contribution in [0.4, 0.5) is 0 Å². The standard InChI is InChI=1S/C15H12N2O2/c1-19-12-6-4-5-11(9-12)17-15-8-3-2-7-13(15)14(10-18)16-17/h2-10H,1H3. The number of hydrogen-bond donors (Lipinski definition) is 0. The van der Waals surface area contributed by atoms with Gasteiger partial charge in [0.05, 0.1) is 18.3 Å². The molecule has 1 aromatic heterocycles. The molecule has 0 aliphatic carbocycles. The molecule has 0 radical (unpaired) electrons. The van der Waals surface area contributed by atoms with Crippen molar-refractivity contribution >= 4 is 17.2 Å². The molecule has 94 valence electrons. The summed E-state index contributed by atoms with van der Waals surface area (Å²) >= 11 is 0. The average Bonchev–Trinajstić information content (AvgIpc) is 2.86. The maximum atomic E-state index is 11.1. The number of benzene rings is 2. The minimum absolute atomic E-state index is 0.443. The Labute approximate surface area is 110 Å². The molecule has 19 heavy (non-hydrogen) atoms. The number of para-hydroxylation sites is 1. The summed E-state index contributed by atoms with van der Waals surface area (Å²) in [7, 11) is 1.62. The zero-order valence-corrected chi connectivity index (χ0v) is 10.4. The van der Waals surface area contributed by atoms with Crippen LogP contribution in [0, 0.1) is 0 Å². The third-order valence-corrected chi connectivity index (χ3v) is 3.03. The summed E-state index contributed by atoms with van der Waals surface area (Å²) in [6.07, 6.45) is 0.777. The van der Waals surface area contributed by atoms with Gasteiger partial charge in [0.2, 0.25) is 0 Å². The summed E-state index contributed by atoms with van der Waals surface area (Å²) in [4.78, 5) is 11.1. The van der Waals surface area contributed by atoms with Crippen LogP contribution in [-0.4, -0.2) is 23.2 Å². The van der Waals surface area contributed by atoms with Gasteiger partial charge in [0.25, 0.3) is 0 Å². The number of nitrogens with zero attached hydrogens (tertiary/aromatic N) is 2. The first-order chi connectivity index (χ1) is 9.33. The molecule has 0 bridgehead atoms. The van der Waals surface area contributed by atoms with Crippen molar-refractivity contribution in [2.45, 2.75) is 0 Å². The molecule has 0 saturated carbocycles. The number of methoxy groups -OCH3 is 1. The summed E-state index contributed by atoms with van der Waals surface area (Å²) < 4.78 is 6.96. The highest BCUT2D eigenvalue weighted by molar-refractivity contribution is 5.95. The van der Waals surface area contributed by atoms with Crippen LogP contribution in [-0.2, 0) is 0 Å². The minimum atomic E-state index is 0.443. The maximum Gasteiger partial charge on any atom is 0.170 e. The Morgan fingerprint density at radius 2 is 2.00 bits per heavy atom. The Bertz CT molecular complexity index is 747. The maximum absolute atomic E-state index is 11.1. The predicted octanol–water partition coefficient (Wildman–Crippen LogP) is 2.85. The first-order valence-corrected chi connectivity index (χ1v) is 5.91. The Morgan fingerprint density at radius 1 is 1.16 bits per heavy atom. The molecule has 0 unspecified atom stereocenters. The molecule has 0 saturated heterocycles. The lowest BCUT2D eigenvalue weighted by atomic mass is 10.2. The van der Waals surface area contributed by atoms with Crippen molar-refractivity contribution in [2.24, 2.45) is 0 Å². The van der Waals surface area contributed by atoms with E-state index in [0.717, 1.165) is 28.6 Å². The van der Waals surface area contributed by atoms with E-state index in [1.54, 1.807) is 11.8 Å².